The fourth-order valence-electron chi connectivity index (χ4n) is 3.55. The van der Waals surface area contributed by atoms with E-state index in [4.69, 9.17) is 14.2 Å². The van der Waals surface area contributed by atoms with Crippen LogP contribution in [0.4, 0.5) is 0 Å². The number of rotatable bonds is 14. The summed E-state index contributed by atoms with van der Waals surface area (Å²) < 4.78 is 16.6. The van der Waals surface area contributed by atoms with Crippen LogP contribution in [0.3, 0.4) is 0 Å². The molecule has 0 aliphatic carbocycles. The summed E-state index contributed by atoms with van der Waals surface area (Å²) in [6.07, 6.45) is 1.65. The number of methoxy groups -OCH3 is 1. The number of hydrogen-bond acceptors (Lipinski definition) is 5. The molecular weight excluding hydrogens is 432 g/mol. The van der Waals surface area contributed by atoms with Crippen molar-refractivity contribution in [2.24, 2.45) is 0 Å². The van der Waals surface area contributed by atoms with E-state index < -0.39 is 6.04 Å². The highest BCUT2D eigenvalue weighted by molar-refractivity contribution is 5.87. The molecule has 0 aliphatic rings. The molecule has 2 amide bonds. The van der Waals surface area contributed by atoms with Crippen LogP contribution in [0, 0.1) is 0 Å². The molecule has 1 N–H and O–H groups in total. The highest BCUT2D eigenvalue weighted by Crippen LogP contribution is 2.29. The standard InChI is InChI=1S/C27H38N2O5/c1-6-17-28-27(31)20(4)29(19-22-9-13-23(32-5)14-10-22)26(30)16-12-21-11-15-24(33-7-2)25(18-21)34-8-3/h9-11,13-15,18,20H,6-8,12,16-17,19H2,1-5H3,(H,28,31)/t20-/m0/s1. The van der Waals surface area contributed by atoms with Crippen molar-refractivity contribution < 1.29 is 23.8 Å². The van der Waals surface area contributed by atoms with E-state index in [1.165, 1.54) is 0 Å². The van der Waals surface area contributed by atoms with E-state index in [-0.39, 0.29) is 18.2 Å². The van der Waals surface area contributed by atoms with Gasteiger partial charge in [-0.25, -0.2) is 0 Å². The molecule has 0 saturated heterocycles. The zero-order chi connectivity index (χ0) is 24.9. The lowest BCUT2D eigenvalue weighted by atomic mass is 10.1. The molecule has 0 spiro atoms. The van der Waals surface area contributed by atoms with Gasteiger partial charge in [-0.05, 0) is 69.0 Å². The number of ether oxygens (including phenoxy) is 3. The van der Waals surface area contributed by atoms with Gasteiger partial charge in [-0.3, -0.25) is 9.59 Å². The Morgan fingerprint density at radius 2 is 1.59 bits per heavy atom. The Morgan fingerprint density at radius 1 is 0.941 bits per heavy atom. The molecule has 7 nitrogen and oxygen atoms in total. The second-order valence-corrected chi connectivity index (χ2v) is 7.98. The van der Waals surface area contributed by atoms with Gasteiger partial charge in [0, 0.05) is 19.5 Å². The normalized spacial score (nSPS) is 11.4. The molecule has 0 aliphatic heterocycles. The van der Waals surface area contributed by atoms with Gasteiger partial charge in [0.25, 0.3) is 0 Å². The quantitative estimate of drug-likeness (QED) is 0.444. The molecule has 0 fully saturated rings. The van der Waals surface area contributed by atoms with Crippen molar-refractivity contribution in [2.75, 3.05) is 26.9 Å². The third kappa shape index (κ3) is 7.97. The minimum absolute atomic E-state index is 0.0817. The monoisotopic (exact) mass is 470 g/mol. The molecule has 2 aromatic carbocycles. The van der Waals surface area contributed by atoms with Crippen molar-refractivity contribution in [3.63, 3.8) is 0 Å². The maximum atomic E-state index is 13.3. The molecule has 186 valence electrons. The molecular formula is C27H38N2O5. The van der Waals surface area contributed by atoms with Crippen LogP contribution in [0.1, 0.15) is 51.7 Å². The molecule has 0 unspecified atom stereocenters. The van der Waals surface area contributed by atoms with Crippen LogP contribution >= 0.6 is 0 Å². The smallest absolute Gasteiger partial charge is 0.242 e. The number of hydrogen-bond donors (Lipinski definition) is 1. The Morgan fingerprint density at radius 3 is 2.21 bits per heavy atom. The number of benzene rings is 2. The summed E-state index contributed by atoms with van der Waals surface area (Å²) in [6.45, 7) is 9.64. The number of nitrogens with one attached hydrogen (secondary N) is 1. The van der Waals surface area contributed by atoms with Gasteiger partial charge in [0.15, 0.2) is 11.5 Å². The zero-order valence-electron chi connectivity index (χ0n) is 21.1. The summed E-state index contributed by atoms with van der Waals surface area (Å²) >= 11 is 0. The first kappa shape index (κ1) is 27.0. The Bertz CT molecular complexity index is 914. The minimum atomic E-state index is -0.583. The first-order valence-corrected chi connectivity index (χ1v) is 12.0. The SMILES string of the molecule is CCCNC(=O)[C@H](C)N(Cc1ccc(OC)cc1)C(=O)CCc1ccc(OCC)c(OCC)c1. The van der Waals surface area contributed by atoms with Crippen LogP contribution in [0.2, 0.25) is 0 Å². The van der Waals surface area contributed by atoms with Gasteiger partial charge in [0.2, 0.25) is 11.8 Å². The van der Waals surface area contributed by atoms with E-state index in [0.717, 1.165) is 23.3 Å². The Kier molecular flexibility index (Phi) is 11.2. The Hall–Kier alpha value is -3.22. The molecule has 0 radical (unpaired) electrons. The molecule has 2 rings (SSSR count). The first-order valence-electron chi connectivity index (χ1n) is 12.0. The van der Waals surface area contributed by atoms with E-state index in [1.807, 2.05) is 63.2 Å². The summed E-state index contributed by atoms with van der Waals surface area (Å²) in [5.74, 6) is 1.89. The van der Waals surface area contributed by atoms with Crippen molar-refractivity contribution in [2.45, 2.75) is 59.5 Å². The molecule has 7 heteroatoms. The predicted molar refractivity (Wildman–Crippen MR) is 133 cm³/mol. The molecule has 0 saturated carbocycles. The highest BCUT2D eigenvalue weighted by atomic mass is 16.5. The summed E-state index contributed by atoms with van der Waals surface area (Å²) in [4.78, 5) is 27.6. The maximum Gasteiger partial charge on any atom is 0.242 e. The van der Waals surface area contributed by atoms with Gasteiger partial charge in [0.1, 0.15) is 11.8 Å². The average Bonchev–Trinajstić information content (AvgIpc) is 2.85. The van der Waals surface area contributed by atoms with E-state index in [1.54, 1.807) is 18.9 Å². The lowest BCUT2D eigenvalue weighted by molar-refractivity contribution is -0.140. The number of aryl methyl sites for hydroxylation is 1. The van der Waals surface area contributed by atoms with E-state index >= 15 is 0 Å². The number of amides is 2. The lowest BCUT2D eigenvalue weighted by Crippen LogP contribution is -2.47. The average molecular weight is 471 g/mol. The number of carbonyl (C=O) groups is 2. The van der Waals surface area contributed by atoms with Crippen LogP contribution in [-0.2, 0) is 22.6 Å². The van der Waals surface area contributed by atoms with Crippen molar-refractivity contribution in [1.82, 2.24) is 10.2 Å². The summed E-state index contributed by atoms with van der Waals surface area (Å²) in [5, 5.41) is 2.90. The van der Waals surface area contributed by atoms with Crippen LogP contribution in [-0.4, -0.2) is 49.6 Å². The summed E-state index contributed by atoms with van der Waals surface area (Å²) in [6, 6.07) is 12.7. The Labute approximate surface area is 203 Å². The Balaban J connectivity index is 2.16. The first-order chi connectivity index (χ1) is 16.4. The van der Waals surface area contributed by atoms with Crippen molar-refractivity contribution in [3.05, 3.63) is 53.6 Å². The molecule has 1 atom stereocenters. The largest absolute Gasteiger partial charge is 0.497 e. The predicted octanol–water partition coefficient (Wildman–Crippen LogP) is 4.37. The maximum absolute atomic E-state index is 13.3. The fourth-order valence-corrected chi connectivity index (χ4v) is 3.55. The van der Waals surface area contributed by atoms with E-state index in [2.05, 4.69) is 5.32 Å². The fraction of sp³-hybridized carbons (Fsp3) is 0.481. The molecule has 0 heterocycles. The van der Waals surface area contributed by atoms with Gasteiger partial charge in [-0.1, -0.05) is 25.1 Å². The lowest BCUT2D eigenvalue weighted by Gasteiger charge is -2.29. The molecule has 0 bridgehead atoms. The second kappa shape index (κ2) is 14.1. The molecule has 0 aromatic heterocycles. The second-order valence-electron chi connectivity index (χ2n) is 7.98. The van der Waals surface area contributed by atoms with Gasteiger partial charge in [0.05, 0.1) is 20.3 Å². The number of nitrogens with zero attached hydrogens (tertiary/aromatic N) is 1. The van der Waals surface area contributed by atoms with Crippen LogP contribution in [0.25, 0.3) is 0 Å². The van der Waals surface area contributed by atoms with Gasteiger partial charge in [-0.15, -0.1) is 0 Å². The minimum Gasteiger partial charge on any atom is -0.497 e. The summed E-state index contributed by atoms with van der Waals surface area (Å²) in [5.41, 5.74) is 1.91. The van der Waals surface area contributed by atoms with E-state index in [0.29, 0.717) is 44.2 Å². The van der Waals surface area contributed by atoms with Crippen molar-refractivity contribution in [3.8, 4) is 17.2 Å². The van der Waals surface area contributed by atoms with Crippen molar-refractivity contribution in [1.29, 1.82) is 0 Å². The molecule has 2 aromatic rings. The zero-order valence-corrected chi connectivity index (χ0v) is 21.1. The van der Waals surface area contributed by atoms with Gasteiger partial charge in [-0.2, -0.15) is 0 Å². The third-order valence-electron chi connectivity index (χ3n) is 5.46. The molecule has 34 heavy (non-hydrogen) atoms. The summed E-state index contributed by atoms with van der Waals surface area (Å²) in [7, 11) is 1.61. The van der Waals surface area contributed by atoms with Crippen molar-refractivity contribution >= 4 is 11.8 Å². The number of carbonyl (C=O) groups excluding carboxylic acids is 2. The van der Waals surface area contributed by atoms with Gasteiger partial charge >= 0.3 is 0 Å². The van der Waals surface area contributed by atoms with Gasteiger partial charge < -0.3 is 24.4 Å². The topological polar surface area (TPSA) is 77.1 Å². The van der Waals surface area contributed by atoms with E-state index in [9.17, 15) is 9.59 Å². The van der Waals surface area contributed by atoms with Crippen LogP contribution in [0.5, 0.6) is 17.2 Å². The third-order valence-corrected chi connectivity index (χ3v) is 5.46. The van der Waals surface area contributed by atoms with Crippen LogP contribution < -0.4 is 19.5 Å². The highest BCUT2D eigenvalue weighted by Gasteiger charge is 2.25. The van der Waals surface area contributed by atoms with Crippen LogP contribution in [0.15, 0.2) is 42.5 Å².